The molecule has 0 radical (unpaired) electrons. The number of halogens is 1. The van der Waals surface area contributed by atoms with Gasteiger partial charge in [-0.05, 0) is 19.9 Å². The molecule has 0 saturated heterocycles. The minimum absolute atomic E-state index is 0.147. The van der Waals surface area contributed by atoms with E-state index in [0.29, 0.717) is 17.1 Å². The molecule has 1 heterocycles. The lowest BCUT2D eigenvalue weighted by molar-refractivity contribution is -0.144. The predicted molar refractivity (Wildman–Crippen MR) is 81.7 cm³/mol. The third-order valence-corrected chi connectivity index (χ3v) is 4.14. The van der Waals surface area contributed by atoms with Crippen LogP contribution in [0.1, 0.15) is 19.4 Å². The van der Waals surface area contributed by atoms with E-state index in [1.165, 1.54) is 0 Å². The van der Waals surface area contributed by atoms with Gasteiger partial charge in [-0.15, -0.1) is 0 Å². The van der Waals surface area contributed by atoms with E-state index in [4.69, 9.17) is 16.3 Å². The molecule has 4 nitrogen and oxygen atoms in total. The van der Waals surface area contributed by atoms with Gasteiger partial charge in [-0.1, -0.05) is 41.9 Å². The molecule has 0 amide bonds. The molecule has 22 heavy (non-hydrogen) atoms. The maximum Gasteiger partial charge on any atom is 0.214 e. The number of ether oxygens (including phenoxy) is 1. The fraction of sp³-hybridized carbons (Fsp3) is 0.176. The van der Waals surface area contributed by atoms with Crippen molar-refractivity contribution in [1.82, 2.24) is 0 Å². The largest absolute Gasteiger partial charge is 0.461 e. The summed E-state index contributed by atoms with van der Waals surface area (Å²) in [6.07, 6.45) is 1.56. The zero-order chi connectivity index (χ0) is 16.1. The number of Topliss-reactive ketones (excluding diaryl/α,β-unsaturated/α-hetero) is 2. The summed E-state index contributed by atoms with van der Waals surface area (Å²) in [6.45, 7) is 2.76. The summed E-state index contributed by atoms with van der Waals surface area (Å²) in [5.74, 6) is -0.682. The Balaban J connectivity index is 2.20. The molecule has 0 bridgehead atoms. The second-order valence-electron chi connectivity index (χ2n) is 5.37. The highest BCUT2D eigenvalue weighted by Gasteiger charge is 2.49. The molecular weight excluding hydrogens is 304 g/mol. The Morgan fingerprint density at radius 3 is 2.41 bits per heavy atom. The number of aliphatic hydroxyl groups is 1. The van der Waals surface area contributed by atoms with Gasteiger partial charge in [0.25, 0.3) is 0 Å². The van der Waals surface area contributed by atoms with Gasteiger partial charge < -0.3 is 9.84 Å². The first-order chi connectivity index (χ1) is 10.3. The Morgan fingerprint density at radius 1 is 1.14 bits per heavy atom. The van der Waals surface area contributed by atoms with Crippen molar-refractivity contribution < 1.29 is 19.4 Å². The zero-order valence-corrected chi connectivity index (χ0v) is 12.8. The molecule has 3 rings (SSSR count). The number of carbonyl (C=O) groups is 2. The molecule has 0 aromatic heterocycles. The third kappa shape index (κ3) is 2.03. The Labute approximate surface area is 132 Å². The van der Waals surface area contributed by atoms with Crippen molar-refractivity contribution in [3.63, 3.8) is 0 Å². The summed E-state index contributed by atoms with van der Waals surface area (Å²) in [4.78, 5) is 24.5. The SMILES string of the molecule is CC1=C2C(=O)C(C)(O)C(=O)C(Cl)=C2C=C(c2ccccc2)O1. The van der Waals surface area contributed by atoms with Crippen LogP contribution in [0.15, 0.2) is 58.3 Å². The molecule has 112 valence electrons. The first kappa shape index (κ1) is 14.8. The van der Waals surface area contributed by atoms with Crippen LogP contribution in [0.3, 0.4) is 0 Å². The number of fused-ring (bicyclic) bond motifs is 1. The second kappa shape index (κ2) is 4.93. The number of rotatable bonds is 1. The molecule has 1 atom stereocenters. The summed E-state index contributed by atoms with van der Waals surface area (Å²) < 4.78 is 5.69. The molecule has 5 heteroatoms. The molecule has 1 unspecified atom stereocenters. The topological polar surface area (TPSA) is 63.6 Å². The number of hydrogen-bond acceptors (Lipinski definition) is 4. The molecule has 0 fully saturated rings. The van der Waals surface area contributed by atoms with Gasteiger partial charge in [0.1, 0.15) is 11.5 Å². The number of hydrogen-bond donors (Lipinski definition) is 1. The fourth-order valence-corrected chi connectivity index (χ4v) is 2.85. The van der Waals surface area contributed by atoms with Gasteiger partial charge in [0.05, 0.1) is 10.6 Å². The molecule has 2 aliphatic rings. The summed E-state index contributed by atoms with van der Waals surface area (Å²) in [7, 11) is 0. The zero-order valence-electron chi connectivity index (χ0n) is 12.0. The monoisotopic (exact) mass is 316 g/mol. The van der Waals surface area contributed by atoms with Crippen LogP contribution in [-0.4, -0.2) is 22.3 Å². The van der Waals surface area contributed by atoms with Crippen molar-refractivity contribution in [2.24, 2.45) is 0 Å². The maximum absolute atomic E-state index is 12.4. The van der Waals surface area contributed by atoms with E-state index in [9.17, 15) is 14.7 Å². The average Bonchev–Trinajstić information content (AvgIpc) is 2.51. The highest BCUT2D eigenvalue weighted by molar-refractivity contribution is 6.49. The Kier molecular flexibility index (Phi) is 3.31. The molecule has 0 spiro atoms. The number of allylic oxidation sites excluding steroid dienone is 3. The van der Waals surface area contributed by atoms with E-state index in [0.717, 1.165) is 12.5 Å². The summed E-state index contributed by atoms with van der Waals surface area (Å²) in [5.41, 5.74) is -0.909. The van der Waals surface area contributed by atoms with Gasteiger partial charge in [0.2, 0.25) is 11.6 Å². The van der Waals surface area contributed by atoms with Crippen molar-refractivity contribution in [2.45, 2.75) is 19.4 Å². The Hall–Kier alpha value is -2.17. The highest BCUT2D eigenvalue weighted by Crippen LogP contribution is 2.40. The molecule has 1 aromatic carbocycles. The lowest BCUT2D eigenvalue weighted by atomic mass is 9.79. The van der Waals surface area contributed by atoms with Crippen molar-refractivity contribution in [2.75, 3.05) is 0 Å². The quantitative estimate of drug-likeness (QED) is 0.809. The number of benzene rings is 1. The van der Waals surface area contributed by atoms with Gasteiger partial charge in [-0.3, -0.25) is 9.59 Å². The van der Waals surface area contributed by atoms with Gasteiger partial charge in [-0.25, -0.2) is 0 Å². The van der Waals surface area contributed by atoms with Crippen molar-refractivity contribution in [1.29, 1.82) is 0 Å². The average molecular weight is 317 g/mol. The van der Waals surface area contributed by atoms with Gasteiger partial charge in [0, 0.05) is 11.1 Å². The van der Waals surface area contributed by atoms with E-state index >= 15 is 0 Å². The van der Waals surface area contributed by atoms with Crippen LogP contribution in [0.5, 0.6) is 0 Å². The van der Waals surface area contributed by atoms with Crippen LogP contribution < -0.4 is 0 Å². The van der Waals surface area contributed by atoms with Crippen molar-refractivity contribution in [3.8, 4) is 0 Å². The first-order valence-electron chi connectivity index (χ1n) is 6.72. The van der Waals surface area contributed by atoms with E-state index in [1.807, 2.05) is 30.3 Å². The lowest BCUT2D eigenvalue weighted by Crippen LogP contribution is -2.48. The predicted octanol–water partition coefficient (Wildman–Crippen LogP) is 2.73. The Bertz CT molecular complexity index is 782. The molecule has 0 saturated carbocycles. The minimum atomic E-state index is -2.15. The summed E-state index contributed by atoms with van der Waals surface area (Å²) in [6, 6.07) is 9.28. The molecule has 1 aliphatic heterocycles. The Morgan fingerprint density at radius 2 is 1.77 bits per heavy atom. The van der Waals surface area contributed by atoms with E-state index in [-0.39, 0.29) is 10.6 Å². The van der Waals surface area contributed by atoms with E-state index < -0.39 is 17.2 Å². The van der Waals surface area contributed by atoms with Crippen LogP contribution in [0.2, 0.25) is 0 Å². The van der Waals surface area contributed by atoms with Gasteiger partial charge in [-0.2, -0.15) is 0 Å². The standard InChI is InChI=1S/C17H13ClO4/c1-9-13-11(14(18)16(20)17(2,21)15(13)19)8-12(22-9)10-6-4-3-5-7-10/h3-8,21H,1-2H3. The van der Waals surface area contributed by atoms with Crippen LogP contribution in [-0.2, 0) is 14.3 Å². The third-order valence-electron chi connectivity index (χ3n) is 3.77. The van der Waals surface area contributed by atoms with Gasteiger partial charge in [0.15, 0.2) is 5.60 Å². The molecular formula is C17H13ClO4. The first-order valence-corrected chi connectivity index (χ1v) is 7.10. The molecule has 1 aliphatic carbocycles. The summed E-state index contributed by atoms with van der Waals surface area (Å²) in [5, 5.41) is 9.94. The normalized spacial score (nSPS) is 25.0. The molecule has 1 aromatic rings. The number of carbonyl (C=O) groups excluding carboxylic acids is 2. The molecule has 1 N–H and O–H groups in total. The fourth-order valence-electron chi connectivity index (χ4n) is 2.52. The van der Waals surface area contributed by atoms with Crippen LogP contribution in [0.4, 0.5) is 0 Å². The second-order valence-corrected chi connectivity index (χ2v) is 5.74. The smallest absolute Gasteiger partial charge is 0.214 e. The number of ketones is 2. The minimum Gasteiger partial charge on any atom is -0.461 e. The van der Waals surface area contributed by atoms with Crippen molar-refractivity contribution in [3.05, 3.63) is 63.9 Å². The highest BCUT2D eigenvalue weighted by atomic mass is 35.5. The van der Waals surface area contributed by atoms with Crippen LogP contribution in [0.25, 0.3) is 5.76 Å². The van der Waals surface area contributed by atoms with E-state index in [1.54, 1.807) is 13.0 Å². The lowest BCUT2D eigenvalue weighted by Gasteiger charge is -2.31. The maximum atomic E-state index is 12.4. The van der Waals surface area contributed by atoms with Gasteiger partial charge >= 0.3 is 0 Å². The van der Waals surface area contributed by atoms with E-state index in [2.05, 4.69) is 0 Å². The summed E-state index contributed by atoms with van der Waals surface area (Å²) >= 11 is 6.09. The van der Waals surface area contributed by atoms with Crippen LogP contribution in [0, 0.1) is 0 Å². The van der Waals surface area contributed by atoms with Crippen LogP contribution >= 0.6 is 11.6 Å². The van der Waals surface area contributed by atoms with Crippen molar-refractivity contribution >= 4 is 28.9 Å².